The number of hydrogen-bond acceptors (Lipinski definition) is 3. The molecule has 0 aliphatic rings. The molecule has 3 heteroatoms. The molecule has 2 aromatic carbocycles. The van der Waals surface area contributed by atoms with Crippen molar-refractivity contribution in [3.63, 3.8) is 0 Å². The third-order valence-corrected chi connectivity index (χ3v) is 3.43. The molecule has 0 bridgehead atoms. The number of esters is 1. The van der Waals surface area contributed by atoms with Crippen LogP contribution in [0, 0.1) is 0 Å². The van der Waals surface area contributed by atoms with Gasteiger partial charge in [0.25, 0.3) is 0 Å². The fourth-order valence-electron chi connectivity index (χ4n) is 2.28. The first kappa shape index (κ1) is 16.0. The van der Waals surface area contributed by atoms with Gasteiger partial charge >= 0.3 is 5.97 Å². The van der Waals surface area contributed by atoms with E-state index in [1.807, 2.05) is 72.8 Å². The van der Waals surface area contributed by atoms with Crippen molar-refractivity contribution in [2.45, 2.75) is 18.9 Å². The number of ether oxygens (including phenoxy) is 1. The summed E-state index contributed by atoms with van der Waals surface area (Å²) >= 11 is 0. The summed E-state index contributed by atoms with van der Waals surface area (Å²) in [4.78, 5) is 12.0. The first-order chi connectivity index (χ1) is 10.7. The Hall–Kier alpha value is -2.39. The van der Waals surface area contributed by atoms with E-state index in [1.165, 1.54) is 0 Å². The number of carbonyl (C=O) groups is 1. The highest BCUT2D eigenvalue weighted by Crippen LogP contribution is 2.22. The molecule has 0 fully saturated rings. The number of nitrogens with two attached hydrogens (primary N) is 1. The van der Waals surface area contributed by atoms with Crippen LogP contribution in [0.15, 0.2) is 66.7 Å². The SMILES string of the molecule is CCOC(=O)C(N)C(/C=C/c1ccccc1)c1ccccc1. The predicted octanol–water partition coefficient (Wildman–Crippen LogP) is 3.37. The molecule has 3 nitrogen and oxygen atoms in total. The quantitative estimate of drug-likeness (QED) is 0.831. The van der Waals surface area contributed by atoms with Gasteiger partial charge in [-0.25, -0.2) is 0 Å². The van der Waals surface area contributed by atoms with Crippen LogP contribution in [0.4, 0.5) is 0 Å². The minimum Gasteiger partial charge on any atom is -0.465 e. The minimum absolute atomic E-state index is 0.222. The smallest absolute Gasteiger partial charge is 0.323 e. The Bertz CT molecular complexity index is 608. The van der Waals surface area contributed by atoms with Crippen molar-refractivity contribution in [1.29, 1.82) is 0 Å². The maximum atomic E-state index is 12.0. The van der Waals surface area contributed by atoms with Gasteiger partial charge in [0.15, 0.2) is 0 Å². The van der Waals surface area contributed by atoms with Crippen molar-refractivity contribution < 1.29 is 9.53 Å². The molecule has 0 spiro atoms. The zero-order valence-corrected chi connectivity index (χ0v) is 12.7. The van der Waals surface area contributed by atoms with Crippen LogP contribution >= 0.6 is 0 Å². The maximum Gasteiger partial charge on any atom is 0.323 e. The predicted molar refractivity (Wildman–Crippen MR) is 89.3 cm³/mol. The monoisotopic (exact) mass is 295 g/mol. The lowest BCUT2D eigenvalue weighted by molar-refractivity contribution is -0.144. The molecule has 0 aliphatic heterocycles. The molecule has 2 N–H and O–H groups in total. The Balaban J connectivity index is 2.26. The summed E-state index contributed by atoms with van der Waals surface area (Å²) in [6.45, 7) is 2.11. The van der Waals surface area contributed by atoms with E-state index in [9.17, 15) is 4.79 Å². The number of hydrogen-bond donors (Lipinski definition) is 1. The largest absolute Gasteiger partial charge is 0.465 e. The molecule has 2 aromatic rings. The third-order valence-electron chi connectivity index (χ3n) is 3.43. The third kappa shape index (κ3) is 4.30. The van der Waals surface area contributed by atoms with Crippen LogP contribution in [0.25, 0.3) is 6.08 Å². The van der Waals surface area contributed by atoms with E-state index in [2.05, 4.69) is 0 Å². The van der Waals surface area contributed by atoms with Gasteiger partial charge in [-0.1, -0.05) is 72.8 Å². The van der Waals surface area contributed by atoms with Crippen LogP contribution < -0.4 is 5.73 Å². The molecule has 2 unspecified atom stereocenters. The van der Waals surface area contributed by atoms with E-state index in [4.69, 9.17) is 10.5 Å². The highest BCUT2D eigenvalue weighted by atomic mass is 16.5. The zero-order valence-electron chi connectivity index (χ0n) is 12.7. The first-order valence-electron chi connectivity index (χ1n) is 7.42. The van der Waals surface area contributed by atoms with Gasteiger partial charge in [-0.05, 0) is 18.1 Å². The van der Waals surface area contributed by atoms with Gasteiger partial charge in [0.2, 0.25) is 0 Å². The highest BCUT2D eigenvalue weighted by Gasteiger charge is 2.25. The van der Waals surface area contributed by atoms with Crippen LogP contribution in [0.1, 0.15) is 24.0 Å². The summed E-state index contributed by atoms with van der Waals surface area (Å²) < 4.78 is 5.06. The fraction of sp³-hybridized carbons (Fsp3) is 0.211. The normalized spacial score (nSPS) is 13.7. The molecule has 0 radical (unpaired) electrons. The van der Waals surface area contributed by atoms with Gasteiger partial charge < -0.3 is 10.5 Å². The second-order valence-corrected chi connectivity index (χ2v) is 4.98. The topological polar surface area (TPSA) is 52.3 Å². The standard InChI is InChI=1S/C19H21NO2/c1-2-22-19(21)18(20)17(16-11-7-4-8-12-16)14-13-15-9-5-3-6-10-15/h3-14,17-18H,2,20H2,1H3/b14-13+. The van der Waals surface area contributed by atoms with Crippen LogP contribution in [0.5, 0.6) is 0 Å². The Morgan fingerprint density at radius 1 is 1.09 bits per heavy atom. The van der Waals surface area contributed by atoms with Crippen LogP contribution in [-0.4, -0.2) is 18.6 Å². The van der Waals surface area contributed by atoms with Crippen molar-refractivity contribution in [3.8, 4) is 0 Å². The summed E-state index contributed by atoms with van der Waals surface area (Å²) in [7, 11) is 0. The van der Waals surface area contributed by atoms with Gasteiger partial charge in [-0.3, -0.25) is 4.79 Å². The summed E-state index contributed by atoms with van der Waals surface area (Å²) in [6, 6.07) is 19.0. The van der Waals surface area contributed by atoms with Crippen molar-refractivity contribution in [2.75, 3.05) is 6.61 Å². The lowest BCUT2D eigenvalue weighted by atomic mass is 9.91. The highest BCUT2D eigenvalue weighted by molar-refractivity contribution is 5.77. The molecule has 114 valence electrons. The van der Waals surface area contributed by atoms with E-state index in [0.29, 0.717) is 6.61 Å². The van der Waals surface area contributed by atoms with E-state index in [1.54, 1.807) is 6.92 Å². The first-order valence-corrected chi connectivity index (χ1v) is 7.42. The van der Waals surface area contributed by atoms with E-state index in [0.717, 1.165) is 11.1 Å². The molecule has 22 heavy (non-hydrogen) atoms. The Labute approximate surface area is 131 Å². The van der Waals surface area contributed by atoms with Crippen molar-refractivity contribution in [1.82, 2.24) is 0 Å². The van der Waals surface area contributed by atoms with Crippen LogP contribution in [-0.2, 0) is 9.53 Å². The van der Waals surface area contributed by atoms with Crippen LogP contribution in [0.2, 0.25) is 0 Å². The summed E-state index contributed by atoms with van der Waals surface area (Å²) in [5.74, 6) is -0.602. The molecule has 2 rings (SSSR count). The Morgan fingerprint density at radius 2 is 1.68 bits per heavy atom. The minimum atomic E-state index is -0.720. The van der Waals surface area contributed by atoms with E-state index >= 15 is 0 Å². The van der Waals surface area contributed by atoms with Gasteiger partial charge in [0, 0.05) is 5.92 Å². The van der Waals surface area contributed by atoms with E-state index in [-0.39, 0.29) is 11.9 Å². The van der Waals surface area contributed by atoms with Gasteiger partial charge in [-0.15, -0.1) is 0 Å². The summed E-state index contributed by atoms with van der Waals surface area (Å²) in [5, 5.41) is 0. The Kier molecular flexibility index (Phi) is 5.92. The second kappa shape index (κ2) is 8.15. The Morgan fingerprint density at radius 3 is 2.27 bits per heavy atom. The molecule has 0 amide bonds. The molecule has 2 atom stereocenters. The second-order valence-electron chi connectivity index (χ2n) is 4.98. The molecule has 0 heterocycles. The van der Waals surface area contributed by atoms with Gasteiger partial charge in [-0.2, -0.15) is 0 Å². The average Bonchev–Trinajstić information content (AvgIpc) is 2.57. The number of carbonyl (C=O) groups excluding carboxylic acids is 1. The molecule has 0 saturated heterocycles. The fourth-order valence-corrected chi connectivity index (χ4v) is 2.28. The van der Waals surface area contributed by atoms with Crippen LogP contribution in [0.3, 0.4) is 0 Å². The zero-order chi connectivity index (χ0) is 15.8. The lowest BCUT2D eigenvalue weighted by Gasteiger charge is -2.20. The average molecular weight is 295 g/mol. The molecule has 0 saturated carbocycles. The summed E-state index contributed by atoms with van der Waals surface area (Å²) in [5.41, 5.74) is 8.18. The maximum absolute atomic E-state index is 12.0. The van der Waals surface area contributed by atoms with Crippen molar-refractivity contribution >= 4 is 12.0 Å². The van der Waals surface area contributed by atoms with Crippen molar-refractivity contribution in [2.24, 2.45) is 5.73 Å². The lowest BCUT2D eigenvalue weighted by Crippen LogP contribution is -2.37. The molecule has 0 aromatic heterocycles. The van der Waals surface area contributed by atoms with Gasteiger partial charge in [0.05, 0.1) is 6.61 Å². The molecule has 0 aliphatic carbocycles. The molecular formula is C19H21NO2. The molecular weight excluding hydrogens is 274 g/mol. The summed E-state index contributed by atoms with van der Waals surface area (Å²) in [6.07, 6.45) is 3.95. The van der Waals surface area contributed by atoms with Crippen molar-refractivity contribution in [3.05, 3.63) is 77.9 Å². The number of benzene rings is 2. The van der Waals surface area contributed by atoms with Gasteiger partial charge in [0.1, 0.15) is 6.04 Å². The number of rotatable bonds is 6. The van der Waals surface area contributed by atoms with E-state index < -0.39 is 6.04 Å².